The summed E-state index contributed by atoms with van der Waals surface area (Å²) in [6.45, 7) is 4.96. The summed E-state index contributed by atoms with van der Waals surface area (Å²) in [7, 11) is 0. The molecule has 0 spiro atoms. The fourth-order valence-electron chi connectivity index (χ4n) is 4.17. The highest BCUT2D eigenvalue weighted by Crippen LogP contribution is 2.27. The fourth-order valence-corrected chi connectivity index (χ4v) is 4.17. The molecule has 2 aliphatic heterocycles. The van der Waals surface area contributed by atoms with Crippen LogP contribution in [0, 0.1) is 0 Å². The number of para-hydroxylation sites is 1. The number of fused-ring (bicyclic) bond motifs is 1. The smallest absolute Gasteiger partial charge is 0.260 e. The van der Waals surface area contributed by atoms with Crippen LogP contribution in [0.25, 0.3) is 0 Å². The maximum Gasteiger partial charge on any atom is 0.260 e. The van der Waals surface area contributed by atoms with Crippen molar-refractivity contribution in [3.05, 3.63) is 77.6 Å². The molecule has 1 aromatic heterocycles. The van der Waals surface area contributed by atoms with E-state index in [1.807, 2.05) is 58.1 Å². The van der Waals surface area contributed by atoms with Crippen LogP contribution in [0.5, 0.6) is 5.75 Å². The predicted octanol–water partition coefficient (Wildman–Crippen LogP) is 2.27. The molecule has 3 aromatic rings. The highest BCUT2D eigenvalue weighted by atomic mass is 16.5. The summed E-state index contributed by atoms with van der Waals surface area (Å²) in [5.41, 5.74) is 3.17. The Morgan fingerprint density at radius 2 is 1.72 bits per heavy atom. The van der Waals surface area contributed by atoms with Crippen LogP contribution < -0.4 is 4.74 Å². The van der Waals surface area contributed by atoms with Crippen LogP contribution in [0.2, 0.25) is 0 Å². The number of carbonyl (C=O) groups is 1. The first-order valence-electron chi connectivity index (χ1n) is 11.0. The van der Waals surface area contributed by atoms with Crippen molar-refractivity contribution in [2.75, 3.05) is 32.8 Å². The summed E-state index contributed by atoms with van der Waals surface area (Å²) in [6.07, 6.45) is 0.00547. The lowest BCUT2D eigenvalue weighted by Crippen LogP contribution is -2.49. The van der Waals surface area contributed by atoms with Crippen molar-refractivity contribution in [2.45, 2.75) is 25.8 Å². The number of hydrogen-bond acceptors (Lipinski definition) is 6. The molecule has 32 heavy (non-hydrogen) atoms. The minimum atomic E-state index is 0.00547. The second-order valence-electron chi connectivity index (χ2n) is 8.13. The van der Waals surface area contributed by atoms with Gasteiger partial charge in [-0.25, -0.2) is 4.68 Å². The summed E-state index contributed by atoms with van der Waals surface area (Å²) < 4.78 is 13.7. The zero-order valence-electron chi connectivity index (χ0n) is 18.0. The van der Waals surface area contributed by atoms with Crippen molar-refractivity contribution in [1.82, 2.24) is 24.8 Å². The number of hydrogen-bond donors (Lipinski definition) is 0. The highest BCUT2D eigenvalue weighted by molar-refractivity contribution is 5.77. The van der Waals surface area contributed by atoms with Crippen LogP contribution in [0.4, 0.5) is 0 Å². The minimum absolute atomic E-state index is 0.00547. The Kier molecular flexibility index (Phi) is 6.13. The number of ether oxygens (including phenoxy) is 2. The predicted molar refractivity (Wildman–Crippen MR) is 118 cm³/mol. The number of amides is 1. The molecule has 166 valence electrons. The Bertz CT molecular complexity index is 1030. The first-order valence-corrected chi connectivity index (χ1v) is 11.0. The lowest BCUT2D eigenvalue weighted by molar-refractivity contribution is -0.135. The van der Waals surface area contributed by atoms with E-state index < -0.39 is 0 Å². The van der Waals surface area contributed by atoms with Gasteiger partial charge in [0.1, 0.15) is 17.5 Å². The van der Waals surface area contributed by atoms with Gasteiger partial charge >= 0.3 is 0 Å². The van der Waals surface area contributed by atoms with Crippen molar-refractivity contribution in [3.63, 3.8) is 0 Å². The van der Waals surface area contributed by atoms with Crippen LogP contribution in [-0.4, -0.2) is 63.5 Å². The lowest BCUT2D eigenvalue weighted by atomic mass is 10.1. The summed E-state index contributed by atoms with van der Waals surface area (Å²) in [5, 5.41) is 8.80. The molecule has 0 radical (unpaired) electrons. The molecule has 8 nitrogen and oxygen atoms in total. The molecule has 0 aliphatic carbocycles. The van der Waals surface area contributed by atoms with Gasteiger partial charge in [-0.15, -0.1) is 5.10 Å². The van der Waals surface area contributed by atoms with Crippen LogP contribution in [0.1, 0.15) is 23.1 Å². The fraction of sp³-hybridized carbons (Fsp3) is 0.375. The molecule has 0 saturated carbocycles. The van der Waals surface area contributed by atoms with E-state index in [-0.39, 0.29) is 18.6 Å². The van der Waals surface area contributed by atoms with Gasteiger partial charge in [0, 0.05) is 32.7 Å². The Hall–Kier alpha value is -3.23. The largest absolute Gasteiger partial charge is 0.484 e. The third-order valence-electron chi connectivity index (χ3n) is 6.05. The average molecular weight is 434 g/mol. The zero-order chi connectivity index (χ0) is 21.8. The van der Waals surface area contributed by atoms with Crippen LogP contribution in [-0.2, 0) is 29.2 Å². The number of aromatic nitrogens is 3. The highest BCUT2D eigenvalue weighted by Gasteiger charge is 2.27. The van der Waals surface area contributed by atoms with Crippen molar-refractivity contribution in [2.24, 2.45) is 0 Å². The summed E-state index contributed by atoms with van der Waals surface area (Å²) in [5.74, 6) is 0.739. The normalized spacial score (nSPS) is 18.9. The quantitative estimate of drug-likeness (QED) is 0.594. The first kappa shape index (κ1) is 20.7. The Morgan fingerprint density at radius 1 is 1.00 bits per heavy atom. The zero-order valence-corrected chi connectivity index (χ0v) is 18.0. The Balaban J connectivity index is 1.11. The Morgan fingerprint density at radius 3 is 2.47 bits per heavy atom. The molecule has 2 aliphatic rings. The maximum atomic E-state index is 12.5. The molecular weight excluding hydrogens is 406 g/mol. The standard InChI is InChI=1S/C24H27N5O3/c30-24(18-31-20-9-5-2-6-10-20)28-13-11-27(12-14-28)15-21-22-17-32-23(16-29(22)26-25-21)19-7-3-1-4-8-19/h1-10,23H,11-18H2/t23-/m0/s1. The van der Waals surface area contributed by atoms with Gasteiger partial charge in [-0.3, -0.25) is 9.69 Å². The van der Waals surface area contributed by atoms with Crippen molar-refractivity contribution in [3.8, 4) is 5.75 Å². The molecule has 0 unspecified atom stereocenters. The number of nitrogens with zero attached hydrogens (tertiary/aromatic N) is 5. The van der Waals surface area contributed by atoms with Crippen LogP contribution >= 0.6 is 0 Å². The van der Waals surface area contributed by atoms with E-state index in [9.17, 15) is 4.79 Å². The molecule has 1 fully saturated rings. The van der Waals surface area contributed by atoms with Gasteiger partial charge in [0.25, 0.3) is 5.91 Å². The van der Waals surface area contributed by atoms with Crippen LogP contribution in [0.3, 0.4) is 0 Å². The number of piperazine rings is 1. The maximum absolute atomic E-state index is 12.5. The summed E-state index contributed by atoms with van der Waals surface area (Å²) >= 11 is 0. The summed E-state index contributed by atoms with van der Waals surface area (Å²) in [6, 6.07) is 19.7. The van der Waals surface area contributed by atoms with E-state index >= 15 is 0 Å². The molecule has 5 rings (SSSR count). The Labute approximate surface area is 187 Å². The summed E-state index contributed by atoms with van der Waals surface area (Å²) in [4.78, 5) is 16.7. The second kappa shape index (κ2) is 9.50. The number of rotatable bonds is 6. The van der Waals surface area contributed by atoms with E-state index in [0.29, 0.717) is 32.0 Å². The molecule has 0 bridgehead atoms. The number of carbonyl (C=O) groups excluding carboxylic acids is 1. The van der Waals surface area contributed by atoms with Gasteiger partial charge in [-0.05, 0) is 17.7 Å². The molecule has 0 N–H and O–H groups in total. The van der Waals surface area contributed by atoms with Crippen molar-refractivity contribution in [1.29, 1.82) is 0 Å². The first-order chi connectivity index (χ1) is 15.8. The minimum Gasteiger partial charge on any atom is -0.484 e. The van der Waals surface area contributed by atoms with Gasteiger partial charge < -0.3 is 14.4 Å². The van der Waals surface area contributed by atoms with Gasteiger partial charge in [-0.1, -0.05) is 53.7 Å². The lowest BCUT2D eigenvalue weighted by Gasteiger charge is -2.34. The van der Waals surface area contributed by atoms with Gasteiger partial charge in [0.2, 0.25) is 0 Å². The average Bonchev–Trinajstić information content (AvgIpc) is 3.26. The van der Waals surface area contributed by atoms with E-state index in [0.717, 1.165) is 36.6 Å². The third-order valence-corrected chi connectivity index (χ3v) is 6.05. The molecule has 1 atom stereocenters. The molecule has 2 aromatic carbocycles. The molecular formula is C24H27N5O3. The second-order valence-corrected chi connectivity index (χ2v) is 8.13. The van der Waals surface area contributed by atoms with E-state index in [2.05, 4.69) is 27.3 Å². The van der Waals surface area contributed by atoms with Gasteiger partial charge in [0.15, 0.2) is 6.61 Å². The van der Waals surface area contributed by atoms with Crippen LogP contribution in [0.15, 0.2) is 60.7 Å². The van der Waals surface area contributed by atoms with E-state index in [1.54, 1.807) is 0 Å². The van der Waals surface area contributed by atoms with Gasteiger partial charge in [0.05, 0.1) is 18.8 Å². The van der Waals surface area contributed by atoms with Crippen molar-refractivity contribution >= 4 is 5.91 Å². The van der Waals surface area contributed by atoms with Crippen molar-refractivity contribution < 1.29 is 14.3 Å². The van der Waals surface area contributed by atoms with E-state index in [4.69, 9.17) is 9.47 Å². The number of benzene rings is 2. The molecule has 8 heteroatoms. The van der Waals surface area contributed by atoms with E-state index in [1.165, 1.54) is 0 Å². The topological polar surface area (TPSA) is 72.7 Å². The molecule has 1 amide bonds. The molecule has 3 heterocycles. The van der Waals surface area contributed by atoms with Gasteiger partial charge in [-0.2, -0.15) is 0 Å². The molecule has 1 saturated heterocycles. The SMILES string of the molecule is O=C(COc1ccccc1)N1CCN(Cc2nnn3c2CO[C@H](c2ccccc2)C3)CC1. The monoisotopic (exact) mass is 433 g/mol. The third kappa shape index (κ3) is 4.66.